The second kappa shape index (κ2) is 7.64. The minimum absolute atomic E-state index is 0.232. The van der Waals surface area contributed by atoms with Gasteiger partial charge in [0.1, 0.15) is 0 Å². The second-order valence-electron chi connectivity index (χ2n) is 6.81. The molecule has 0 saturated carbocycles. The summed E-state index contributed by atoms with van der Waals surface area (Å²) in [6.07, 6.45) is 0.914. The van der Waals surface area contributed by atoms with E-state index in [-0.39, 0.29) is 18.1 Å². The predicted octanol–water partition coefficient (Wildman–Crippen LogP) is 3.73. The van der Waals surface area contributed by atoms with Gasteiger partial charge in [-0.15, -0.1) is 0 Å². The van der Waals surface area contributed by atoms with Crippen molar-refractivity contribution in [1.82, 2.24) is 4.90 Å². The summed E-state index contributed by atoms with van der Waals surface area (Å²) in [5.74, 6) is -0.248. The molecule has 2 fully saturated rings. The molecule has 7 heteroatoms. The first kappa shape index (κ1) is 18.0. The molecule has 0 radical (unpaired) electrons. The van der Waals surface area contributed by atoms with Gasteiger partial charge >= 0.3 is 6.18 Å². The van der Waals surface area contributed by atoms with Gasteiger partial charge in [0.15, 0.2) is 0 Å². The van der Waals surface area contributed by atoms with Crippen LogP contribution in [-0.4, -0.2) is 43.5 Å². The van der Waals surface area contributed by atoms with Crippen LogP contribution in [0.2, 0.25) is 0 Å². The number of nitrogens with zero attached hydrogens (tertiary/aromatic N) is 2. The Morgan fingerprint density at radius 1 is 1.00 bits per heavy atom. The molecule has 25 heavy (non-hydrogen) atoms. The molecule has 1 amide bonds. The standard InChI is InChI=1S/C18H24F3N3O/c19-18(20,21)14-6-7-16(24-10-4-5-11-24)15(12-14)22-17(25)13-23-8-2-1-3-9-23/h6-7,12H,1-5,8-11,13H2,(H,22,25). The molecular weight excluding hydrogens is 331 g/mol. The highest BCUT2D eigenvalue weighted by Gasteiger charge is 2.32. The Kier molecular flexibility index (Phi) is 5.51. The number of nitrogens with one attached hydrogen (secondary N) is 1. The second-order valence-corrected chi connectivity index (χ2v) is 6.81. The highest BCUT2D eigenvalue weighted by molar-refractivity contribution is 5.95. The Balaban J connectivity index is 1.77. The number of likely N-dealkylation sites (tertiary alicyclic amines) is 1. The Hall–Kier alpha value is -1.76. The van der Waals surface area contributed by atoms with Gasteiger partial charge in [-0.3, -0.25) is 9.69 Å². The van der Waals surface area contributed by atoms with Crippen LogP contribution >= 0.6 is 0 Å². The molecule has 0 unspecified atom stereocenters. The zero-order valence-corrected chi connectivity index (χ0v) is 14.2. The van der Waals surface area contributed by atoms with E-state index >= 15 is 0 Å². The molecule has 1 aromatic carbocycles. The number of anilines is 2. The van der Waals surface area contributed by atoms with Crippen LogP contribution in [0.1, 0.15) is 37.7 Å². The minimum Gasteiger partial charge on any atom is -0.370 e. The van der Waals surface area contributed by atoms with Gasteiger partial charge in [0.05, 0.1) is 23.5 Å². The molecule has 4 nitrogen and oxygen atoms in total. The van der Waals surface area contributed by atoms with Crippen molar-refractivity contribution in [2.75, 3.05) is 42.9 Å². The zero-order valence-electron chi connectivity index (χ0n) is 14.2. The van der Waals surface area contributed by atoms with Crippen LogP contribution in [0.3, 0.4) is 0 Å². The molecule has 2 saturated heterocycles. The number of hydrogen-bond donors (Lipinski definition) is 1. The van der Waals surface area contributed by atoms with Crippen LogP contribution in [0.4, 0.5) is 24.5 Å². The van der Waals surface area contributed by atoms with E-state index in [2.05, 4.69) is 10.2 Å². The van der Waals surface area contributed by atoms with Gasteiger partial charge in [-0.25, -0.2) is 0 Å². The van der Waals surface area contributed by atoms with Crippen LogP contribution in [0, 0.1) is 0 Å². The molecule has 0 atom stereocenters. The molecule has 1 N–H and O–H groups in total. The summed E-state index contributed by atoms with van der Waals surface area (Å²) in [6.45, 7) is 3.58. The van der Waals surface area contributed by atoms with Gasteiger partial charge in [-0.2, -0.15) is 13.2 Å². The molecule has 3 rings (SSSR count). The monoisotopic (exact) mass is 355 g/mol. The highest BCUT2D eigenvalue weighted by Crippen LogP contribution is 2.36. The maximum absolute atomic E-state index is 13.1. The average molecular weight is 355 g/mol. The van der Waals surface area contributed by atoms with E-state index in [9.17, 15) is 18.0 Å². The van der Waals surface area contributed by atoms with Gasteiger partial charge in [-0.05, 0) is 57.0 Å². The fourth-order valence-electron chi connectivity index (χ4n) is 3.56. The Morgan fingerprint density at radius 3 is 2.28 bits per heavy atom. The number of piperidine rings is 1. The van der Waals surface area contributed by atoms with Crippen LogP contribution in [-0.2, 0) is 11.0 Å². The maximum Gasteiger partial charge on any atom is 0.416 e. The number of amides is 1. The summed E-state index contributed by atoms with van der Waals surface area (Å²) in [6, 6.07) is 3.63. The minimum atomic E-state index is -4.42. The lowest BCUT2D eigenvalue weighted by Gasteiger charge is -2.27. The van der Waals surface area contributed by atoms with Crippen LogP contribution in [0.15, 0.2) is 18.2 Å². The number of benzene rings is 1. The van der Waals surface area contributed by atoms with E-state index < -0.39 is 11.7 Å². The summed E-state index contributed by atoms with van der Waals surface area (Å²) in [4.78, 5) is 16.5. The van der Waals surface area contributed by atoms with Crippen molar-refractivity contribution in [3.8, 4) is 0 Å². The number of carbonyl (C=O) groups excluding carboxylic acids is 1. The third-order valence-electron chi connectivity index (χ3n) is 4.86. The molecule has 0 aliphatic carbocycles. The first-order valence-corrected chi connectivity index (χ1v) is 8.92. The predicted molar refractivity (Wildman–Crippen MR) is 91.8 cm³/mol. The van der Waals surface area contributed by atoms with E-state index in [1.54, 1.807) is 0 Å². The smallest absolute Gasteiger partial charge is 0.370 e. The lowest BCUT2D eigenvalue weighted by Crippen LogP contribution is -2.37. The van der Waals surface area contributed by atoms with Gasteiger partial charge in [0.25, 0.3) is 0 Å². The van der Waals surface area contributed by atoms with Crippen LogP contribution < -0.4 is 10.2 Å². The van der Waals surface area contributed by atoms with Crippen molar-refractivity contribution < 1.29 is 18.0 Å². The normalized spacial score (nSPS) is 19.2. The van der Waals surface area contributed by atoms with E-state index in [0.29, 0.717) is 5.69 Å². The van der Waals surface area contributed by atoms with Gasteiger partial charge in [0.2, 0.25) is 5.91 Å². The maximum atomic E-state index is 13.1. The van der Waals surface area contributed by atoms with E-state index in [1.807, 2.05) is 4.90 Å². The fraction of sp³-hybridized carbons (Fsp3) is 0.611. The first-order chi connectivity index (χ1) is 11.9. The van der Waals surface area contributed by atoms with E-state index in [1.165, 1.54) is 12.5 Å². The number of hydrogen-bond acceptors (Lipinski definition) is 3. The number of halogens is 3. The van der Waals surface area contributed by atoms with E-state index in [4.69, 9.17) is 0 Å². The van der Waals surface area contributed by atoms with Crippen LogP contribution in [0.25, 0.3) is 0 Å². The van der Waals surface area contributed by atoms with Crippen molar-refractivity contribution in [1.29, 1.82) is 0 Å². The SMILES string of the molecule is O=C(CN1CCCCC1)Nc1cc(C(F)(F)F)ccc1N1CCCC1. The lowest BCUT2D eigenvalue weighted by atomic mass is 10.1. The zero-order chi connectivity index (χ0) is 17.9. The third-order valence-corrected chi connectivity index (χ3v) is 4.86. The molecule has 1 aromatic rings. The average Bonchev–Trinajstić information content (AvgIpc) is 3.09. The summed E-state index contributed by atoms with van der Waals surface area (Å²) >= 11 is 0. The number of carbonyl (C=O) groups is 1. The molecule has 2 aliphatic rings. The molecule has 2 heterocycles. The van der Waals surface area contributed by atoms with Crippen molar-refractivity contribution >= 4 is 17.3 Å². The quantitative estimate of drug-likeness (QED) is 0.894. The lowest BCUT2D eigenvalue weighted by molar-refractivity contribution is -0.137. The van der Waals surface area contributed by atoms with Gasteiger partial charge in [-0.1, -0.05) is 6.42 Å². The van der Waals surface area contributed by atoms with Gasteiger partial charge in [0, 0.05) is 13.1 Å². The molecular formula is C18H24F3N3O. The Bertz CT molecular complexity index is 606. The summed E-state index contributed by atoms with van der Waals surface area (Å²) in [7, 11) is 0. The summed E-state index contributed by atoms with van der Waals surface area (Å²) in [5.41, 5.74) is 0.208. The summed E-state index contributed by atoms with van der Waals surface area (Å²) in [5, 5.41) is 2.72. The van der Waals surface area contributed by atoms with E-state index in [0.717, 1.165) is 64.0 Å². The Morgan fingerprint density at radius 2 is 1.64 bits per heavy atom. The molecule has 2 aliphatic heterocycles. The largest absolute Gasteiger partial charge is 0.416 e. The van der Waals surface area contributed by atoms with Crippen molar-refractivity contribution in [2.45, 2.75) is 38.3 Å². The molecule has 0 spiro atoms. The van der Waals surface area contributed by atoms with Crippen LogP contribution in [0.5, 0.6) is 0 Å². The Labute approximate surface area is 146 Å². The topological polar surface area (TPSA) is 35.6 Å². The fourth-order valence-corrected chi connectivity index (χ4v) is 3.56. The van der Waals surface area contributed by atoms with Crippen molar-refractivity contribution in [3.63, 3.8) is 0 Å². The third kappa shape index (κ3) is 4.66. The van der Waals surface area contributed by atoms with Gasteiger partial charge < -0.3 is 10.2 Å². The first-order valence-electron chi connectivity index (χ1n) is 8.92. The molecule has 138 valence electrons. The highest BCUT2D eigenvalue weighted by atomic mass is 19.4. The van der Waals surface area contributed by atoms with Crippen molar-refractivity contribution in [3.05, 3.63) is 23.8 Å². The number of rotatable bonds is 4. The number of alkyl halides is 3. The summed E-state index contributed by atoms with van der Waals surface area (Å²) < 4.78 is 39.2. The van der Waals surface area contributed by atoms with Crippen molar-refractivity contribution in [2.24, 2.45) is 0 Å². The molecule has 0 aromatic heterocycles. The molecule has 0 bridgehead atoms.